The van der Waals surface area contributed by atoms with Gasteiger partial charge in [-0.2, -0.15) is 5.10 Å². The summed E-state index contributed by atoms with van der Waals surface area (Å²) in [6.45, 7) is 2.02. The van der Waals surface area contributed by atoms with Crippen molar-refractivity contribution in [2.45, 2.75) is 19.3 Å². The summed E-state index contributed by atoms with van der Waals surface area (Å²) < 4.78 is 0. The lowest BCUT2D eigenvalue weighted by molar-refractivity contribution is -0.122. The van der Waals surface area contributed by atoms with Gasteiger partial charge in [0.05, 0.1) is 11.7 Å². The van der Waals surface area contributed by atoms with E-state index in [1.165, 1.54) is 0 Å². The van der Waals surface area contributed by atoms with Gasteiger partial charge >= 0.3 is 0 Å². The Hall–Kier alpha value is -2.72. The first kappa shape index (κ1) is 16.7. The summed E-state index contributed by atoms with van der Waals surface area (Å²) in [5, 5.41) is 5.89. The fourth-order valence-electron chi connectivity index (χ4n) is 3.32. The molecule has 1 fully saturated rings. The van der Waals surface area contributed by atoms with Crippen molar-refractivity contribution in [3.8, 4) is 0 Å². The van der Waals surface area contributed by atoms with Gasteiger partial charge in [-0.25, -0.2) is 5.43 Å². The molecule has 1 aromatic heterocycles. The summed E-state index contributed by atoms with van der Waals surface area (Å²) in [5.41, 5.74) is 6.77. The number of hydrogen-bond donors (Lipinski definition) is 1. The summed E-state index contributed by atoms with van der Waals surface area (Å²) in [7, 11) is 0. The minimum Gasteiger partial charge on any atom is -0.273 e. The lowest BCUT2D eigenvalue weighted by atomic mass is 10.1. The highest BCUT2D eigenvalue weighted by atomic mass is 35.5. The van der Waals surface area contributed by atoms with Gasteiger partial charge in [0.25, 0.3) is 0 Å². The molecule has 130 valence electrons. The highest BCUT2D eigenvalue weighted by Crippen LogP contribution is 2.47. The number of amides is 1. The smallest absolute Gasteiger partial charge is 0.243 e. The van der Waals surface area contributed by atoms with E-state index < -0.39 is 0 Å². The number of hydrogen-bond acceptors (Lipinski definition) is 3. The summed E-state index contributed by atoms with van der Waals surface area (Å²) in [6, 6.07) is 15.6. The van der Waals surface area contributed by atoms with Gasteiger partial charge in [0.2, 0.25) is 5.91 Å². The van der Waals surface area contributed by atoms with Gasteiger partial charge in [-0.3, -0.25) is 9.78 Å². The highest BCUT2D eigenvalue weighted by Gasteiger charge is 2.43. The maximum Gasteiger partial charge on any atom is 0.243 e. The van der Waals surface area contributed by atoms with Crippen molar-refractivity contribution in [3.63, 3.8) is 0 Å². The van der Waals surface area contributed by atoms with Crippen LogP contribution in [-0.2, 0) is 4.79 Å². The van der Waals surface area contributed by atoms with E-state index in [1.807, 2.05) is 55.5 Å². The lowest BCUT2D eigenvalue weighted by Crippen LogP contribution is -2.20. The Morgan fingerprint density at radius 2 is 2.15 bits per heavy atom. The SMILES string of the molecule is Cc1cc(/C=N/NC(=O)[C@@H]2C[C@H]2c2cccc(Cl)c2)cc2cccnc12. The Balaban J connectivity index is 1.41. The number of pyridine rings is 1. The van der Waals surface area contributed by atoms with Crippen LogP contribution < -0.4 is 5.43 Å². The number of nitrogens with one attached hydrogen (secondary N) is 1. The van der Waals surface area contributed by atoms with Crippen LogP contribution in [0.5, 0.6) is 0 Å². The molecule has 5 heteroatoms. The zero-order chi connectivity index (χ0) is 18.1. The van der Waals surface area contributed by atoms with E-state index in [0.717, 1.165) is 34.0 Å². The zero-order valence-corrected chi connectivity index (χ0v) is 15.1. The van der Waals surface area contributed by atoms with Gasteiger partial charge in [-0.1, -0.05) is 29.8 Å². The molecule has 26 heavy (non-hydrogen) atoms. The Morgan fingerprint density at radius 1 is 1.27 bits per heavy atom. The molecule has 1 saturated carbocycles. The topological polar surface area (TPSA) is 54.4 Å². The van der Waals surface area contributed by atoms with Gasteiger partial charge in [0.1, 0.15) is 0 Å². The van der Waals surface area contributed by atoms with Crippen molar-refractivity contribution in [2.75, 3.05) is 0 Å². The predicted molar refractivity (Wildman–Crippen MR) is 105 cm³/mol. The van der Waals surface area contributed by atoms with E-state index in [1.54, 1.807) is 12.4 Å². The van der Waals surface area contributed by atoms with E-state index in [4.69, 9.17) is 11.6 Å². The average Bonchev–Trinajstić information content (AvgIpc) is 3.43. The van der Waals surface area contributed by atoms with Gasteiger partial charge < -0.3 is 0 Å². The third-order valence-corrected chi connectivity index (χ3v) is 4.95. The molecule has 4 rings (SSSR count). The van der Waals surface area contributed by atoms with E-state index in [2.05, 4.69) is 15.5 Å². The number of carbonyl (C=O) groups is 1. The fourth-order valence-corrected chi connectivity index (χ4v) is 3.52. The largest absolute Gasteiger partial charge is 0.273 e. The Kier molecular flexibility index (Phi) is 4.43. The van der Waals surface area contributed by atoms with Crippen LogP contribution in [-0.4, -0.2) is 17.1 Å². The number of aryl methyl sites for hydroxylation is 1. The molecule has 0 saturated heterocycles. The Bertz CT molecular complexity index is 1020. The Morgan fingerprint density at radius 3 is 3.00 bits per heavy atom. The van der Waals surface area contributed by atoms with E-state index in [-0.39, 0.29) is 17.7 Å². The number of carbonyl (C=O) groups excluding carboxylic acids is 1. The molecule has 0 radical (unpaired) electrons. The van der Waals surface area contributed by atoms with Crippen molar-refractivity contribution in [3.05, 3.63) is 76.4 Å². The molecule has 2 aromatic carbocycles. The molecule has 4 nitrogen and oxygen atoms in total. The standard InChI is InChI=1S/C21H18ClN3O/c1-13-8-14(9-16-5-3-7-23-20(13)16)12-24-25-21(26)19-11-18(19)15-4-2-6-17(22)10-15/h2-10,12,18-19H,11H2,1H3,(H,25,26)/b24-12+/t18-,19+/m0/s1. The van der Waals surface area contributed by atoms with Crippen LogP contribution in [0.2, 0.25) is 5.02 Å². The molecule has 0 spiro atoms. The van der Waals surface area contributed by atoms with Crippen molar-refractivity contribution in [1.29, 1.82) is 0 Å². The number of nitrogens with zero attached hydrogens (tertiary/aromatic N) is 2. The lowest BCUT2D eigenvalue weighted by Gasteiger charge is -2.03. The van der Waals surface area contributed by atoms with Crippen LogP contribution in [0.4, 0.5) is 0 Å². The quantitative estimate of drug-likeness (QED) is 0.550. The number of fused-ring (bicyclic) bond motifs is 1. The first-order chi connectivity index (χ1) is 12.6. The molecule has 1 N–H and O–H groups in total. The van der Waals surface area contributed by atoms with E-state index >= 15 is 0 Å². The molecule has 1 amide bonds. The molecule has 1 aliphatic carbocycles. The maximum atomic E-state index is 12.3. The van der Waals surface area contributed by atoms with E-state index in [9.17, 15) is 4.79 Å². The molecule has 1 aliphatic rings. The minimum absolute atomic E-state index is 0.0341. The molecule has 0 unspecified atom stereocenters. The van der Waals surface area contributed by atoms with E-state index in [0.29, 0.717) is 5.02 Å². The number of hydrazone groups is 1. The predicted octanol–water partition coefficient (Wildman–Crippen LogP) is 4.45. The second-order valence-electron chi connectivity index (χ2n) is 6.65. The maximum absolute atomic E-state index is 12.3. The number of halogens is 1. The first-order valence-electron chi connectivity index (χ1n) is 8.55. The molecular formula is C21H18ClN3O. The zero-order valence-electron chi connectivity index (χ0n) is 14.3. The van der Waals surface area contributed by atoms with Gasteiger partial charge in [0, 0.05) is 22.5 Å². The van der Waals surface area contributed by atoms with Crippen LogP contribution in [0.25, 0.3) is 10.9 Å². The fraction of sp³-hybridized carbons (Fsp3) is 0.190. The molecular weight excluding hydrogens is 346 g/mol. The number of aromatic nitrogens is 1. The normalized spacial score (nSPS) is 19.0. The second kappa shape index (κ2) is 6.89. The molecule has 1 heterocycles. The number of benzene rings is 2. The van der Waals surface area contributed by atoms with Crippen molar-refractivity contribution in [2.24, 2.45) is 11.0 Å². The summed E-state index contributed by atoms with van der Waals surface area (Å²) in [4.78, 5) is 16.7. The summed E-state index contributed by atoms with van der Waals surface area (Å²) in [6.07, 6.45) is 4.30. The van der Waals surface area contributed by atoms with Crippen molar-refractivity contribution >= 4 is 34.6 Å². The molecule has 0 aliphatic heterocycles. The third-order valence-electron chi connectivity index (χ3n) is 4.71. The van der Waals surface area contributed by atoms with Gasteiger partial charge in [0.15, 0.2) is 0 Å². The van der Waals surface area contributed by atoms with Crippen LogP contribution >= 0.6 is 11.6 Å². The summed E-state index contributed by atoms with van der Waals surface area (Å²) >= 11 is 6.02. The van der Waals surface area contributed by atoms with Crippen LogP contribution in [0.15, 0.2) is 59.8 Å². The van der Waals surface area contributed by atoms with Gasteiger partial charge in [-0.15, -0.1) is 0 Å². The first-order valence-corrected chi connectivity index (χ1v) is 8.93. The summed E-state index contributed by atoms with van der Waals surface area (Å²) in [5.74, 6) is 0.149. The molecule has 0 bridgehead atoms. The second-order valence-corrected chi connectivity index (χ2v) is 7.09. The van der Waals surface area contributed by atoms with Crippen LogP contribution in [0.1, 0.15) is 29.0 Å². The van der Waals surface area contributed by atoms with Crippen LogP contribution in [0, 0.1) is 12.8 Å². The van der Waals surface area contributed by atoms with Crippen LogP contribution in [0.3, 0.4) is 0 Å². The molecule has 2 atom stereocenters. The Labute approximate surface area is 156 Å². The average molecular weight is 364 g/mol. The van der Waals surface area contributed by atoms with Crippen molar-refractivity contribution in [1.82, 2.24) is 10.4 Å². The monoisotopic (exact) mass is 363 g/mol. The highest BCUT2D eigenvalue weighted by molar-refractivity contribution is 6.30. The third kappa shape index (κ3) is 3.46. The number of rotatable bonds is 4. The minimum atomic E-state index is -0.0506. The van der Waals surface area contributed by atoms with Gasteiger partial charge in [-0.05, 0) is 66.3 Å². The van der Waals surface area contributed by atoms with Crippen molar-refractivity contribution < 1.29 is 4.79 Å². The molecule has 3 aromatic rings.